The number of rotatable bonds is 3. The molecule has 0 amide bonds. The van der Waals surface area contributed by atoms with E-state index in [4.69, 9.17) is 0 Å². The summed E-state index contributed by atoms with van der Waals surface area (Å²) in [6.45, 7) is -0.783. The largest absolute Gasteiger partial charge is 0.434 e. The molecule has 72 valence electrons. The summed E-state index contributed by atoms with van der Waals surface area (Å²) in [5.41, 5.74) is 0.996. The molecule has 0 N–H and O–H groups in total. The second-order valence-electron chi connectivity index (χ2n) is 2.50. The predicted octanol–water partition coefficient (Wildman–Crippen LogP) is 3.46. The smallest absolute Gasteiger partial charge is 0.387 e. The van der Waals surface area contributed by atoms with Crippen LogP contribution in [0, 0.1) is 3.57 Å². The molecule has 0 spiro atoms. The molecule has 1 rings (SSSR count). The number of aryl methyl sites for hydroxylation is 1. The lowest BCUT2D eigenvalue weighted by Crippen LogP contribution is -2.03. The zero-order valence-electron chi connectivity index (χ0n) is 7.06. The van der Waals surface area contributed by atoms with Crippen molar-refractivity contribution >= 4 is 22.6 Å². The van der Waals surface area contributed by atoms with Crippen molar-refractivity contribution in [2.75, 3.05) is 0 Å². The van der Waals surface area contributed by atoms with Crippen LogP contribution in [0.5, 0.6) is 5.75 Å². The van der Waals surface area contributed by atoms with Crippen molar-refractivity contribution in [3.63, 3.8) is 0 Å². The van der Waals surface area contributed by atoms with Crippen LogP contribution in [0.25, 0.3) is 0 Å². The van der Waals surface area contributed by atoms with Crippen LogP contribution in [0.15, 0.2) is 18.2 Å². The Bertz CT molecular complexity index is 289. The lowest BCUT2D eigenvalue weighted by molar-refractivity contribution is -0.0504. The molecule has 0 atom stereocenters. The van der Waals surface area contributed by atoms with E-state index in [-0.39, 0.29) is 5.75 Å². The monoisotopic (exact) mass is 298 g/mol. The maximum absolute atomic E-state index is 11.9. The molecule has 0 fully saturated rings. The first kappa shape index (κ1) is 10.7. The highest BCUT2D eigenvalue weighted by atomic mass is 127. The maximum atomic E-state index is 11.9. The van der Waals surface area contributed by atoms with Crippen LogP contribution in [0.3, 0.4) is 0 Å². The van der Waals surface area contributed by atoms with Gasteiger partial charge in [0.15, 0.2) is 0 Å². The molecule has 0 aliphatic rings. The van der Waals surface area contributed by atoms with E-state index in [2.05, 4.69) is 4.74 Å². The standard InChI is InChI=1S/C9H9F2IO/c1-2-6-3-4-7(12)8(5-6)13-9(10)11/h3-5,9H,2H2,1H3. The van der Waals surface area contributed by atoms with Crippen LogP contribution in [0.1, 0.15) is 12.5 Å². The molecule has 1 nitrogen and oxygen atoms in total. The summed E-state index contributed by atoms with van der Waals surface area (Å²) in [4.78, 5) is 0. The topological polar surface area (TPSA) is 9.23 Å². The van der Waals surface area contributed by atoms with Crippen molar-refractivity contribution in [3.05, 3.63) is 27.3 Å². The molecule has 4 heteroatoms. The van der Waals surface area contributed by atoms with Gasteiger partial charge < -0.3 is 4.74 Å². The number of hydrogen-bond donors (Lipinski definition) is 0. The van der Waals surface area contributed by atoms with Gasteiger partial charge in [-0.05, 0) is 46.7 Å². The van der Waals surface area contributed by atoms with E-state index < -0.39 is 6.61 Å². The fraction of sp³-hybridized carbons (Fsp3) is 0.333. The zero-order valence-corrected chi connectivity index (χ0v) is 9.22. The van der Waals surface area contributed by atoms with Crippen molar-refractivity contribution in [1.82, 2.24) is 0 Å². The first-order valence-corrected chi connectivity index (χ1v) is 4.94. The summed E-state index contributed by atoms with van der Waals surface area (Å²) in [6.07, 6.45) is 0.816. The van der Waals surface area contributed by atoms with E-state index in [1.165, 1.54) is 0 Å². The van der Waals surface area contributed by atoms with Crippen molar-refractivity contribution in [2.45, 2.75) is 20.0 Å². The average molecular weight is 298 g/mol. The van der Waals surface area contributed by atoms with Crippen LogP contribution >= 0.6 is 22.6 Å². The van der Waals surface area contributed by atoms with Crippen LogP contribution < -0.4 is 4.74 Å². The number of benzene rings is 1. The minimum Gasteiger partial charge on any atom is -0.434 e. The molecule has 0 aromatic heterocycles. The molecular weight excluding hydrogens is 289 g/mol. The normalized spacial score (nSPS) is 10.5. The SMILES string of the molecule is CCc1ccc(I)c(OC(F)F)c1. The highest BCUT2D eigenvalue weighted by Gasteiger charge is 2.08. The minimum atomic E-state index is -2.75. The number of halogens is 3. The van der Waals surface area contributed by atoms with E-state index >= 15 is 0 Å². The fourth-order valence-electron chi connectivity index (χ4n) is 0.954. The third kappa shape index (κ3) is 3.10. The Hall–Kier alpha value is -0.390. The Balaban J connectivity index is 2.90. The molecular formula is C9H9F2IO. The summed E-state index contributed by atoms with van der Waals surface area (Å²) in [7, 11) is 0. The summed E-state index contributed by atoms with van der Waals surface area (Å²) >= 11 is 1.97. The third-order valence-corrected chi connectivity index (χ3v) is 2.51. The summed E-state index contributed by atoms with van der Waals surface area (Å²) < 4.78 is 28.9. The summed E-state index contributed by atoms with van der Waals surface area (Å²) in [6, 6.07) is 5.32. The Labute approximate surface area is 89.2 Å². The molecule has 0 radical (unpaired) electrons. The second kappa shape index (κ2) is 4.74. The van der Waals surface area contributed by atoms with E-state index in [1.54, 1.807) is 12.1 Å². The zero-order chi connectivity index (χ0) is 9.84. The molecule has 0 aliphatic carbocycles. The maximum Gasteiger partial charge on any atom is 0.387 e. The Kier molecular flexibility index (Phi) is 3.90. The number of alkyl halides is 2. The van der Waals surface area contributed by atoms with Crippen molar-refractivity contribution in [3.8, 4) is 5.75 Å². The highest BCUT2D eigenvalue weighted by molar-refractivity contribution is 14.1. The number of ether oxygens (including phenoxy) is 1. The van der Waals surface area contributed by atoms with Gasteiger partial charge in [-0.3, -0.25) is 0 Å². The first-order valence-electron chi connectivity index (χ1n) is 3.86. The summed E-state index contributed by atoms with van der Waals surface area (Å²) in [5, 5.41) is 0. The average Bonchev–Trinajstić information content (AvgIpc) is 2.08. The lowest BCUT2D eigenvalue weighted by atomic mass is 10.2. The molecule has 1 aromatic carbocycles. The molecule has 0 unspecified atom stereocenters. The van der Waals surface area contributed by atoms with Crippen LogP contribution in [-0.2, 0) is 6.42 Å². The van der Waals surface area contributed by atoms with Gasteiger partial charge in [-0.15, -0.1) is 0 Å². The Morgan fingerprint density at radius 3 is 2.69 bits per heavy atom. The van der Waals surface area contributed by atoms with Gasteiger partial charge >= 0.3 is 6.61 Å². The molecule has 0 bridgehead atoms. The van der Waals surface area contributed by atoms with E-state index in [9.17, 15) is 8.78 Å². The van der Waals surface area contributed by atoms with E-state index in [0.717, 1.165) is 12.0 Å². The third-order valence-electron chi connectivity index (χ3n) is 1.62. The van der Waals surface area contributed by atoms with Gasteiger partial charge in [-0.1, -0.05) is 13.0 Å². The molecule has 0 aliphatic heterocycles. The second-order valence-corrected chi connectivity index (χ2v) is 3.66. The van der Waals surface area contributed by atoms with Gasteiger partial charge in [0.25, 0.3) is 0 Å². The van der Waals surface area contributed by atoms with Crippen LogP contribution in [-0.4, -0.2) is 6.61 Å². The lowest BCUT2D eigenvalue weighted by Gasteiger charge is -2.07. The van der Waals surface area contributed by atoms with Gasteiger partial charge in [-0.25, -0.2) is 0 Å². The van der Waals surface area contributed by atoms with E-state index in [0.29, 0.717) is 3.57 Å². The molecule has 1 aromatic rings. The highest BCUT2D eigenvalue weighted by Crippen LogP contribution is 2.24. The Morgan fingerprint density at radius 1 is 1.46 bits per heavy atom. The molecule has 0 saturated heterocycles. The molecule has 13 heavy (non-hydrogen) atoms. The van der Waals surface area contributed by atoms with Gasteiger partial charge in [0.05, 0.1) is 3.57 Å². The van der Waals surface area contributed by atoms with Crippen molar-refractivity contribution in [2.24, 2.45) is 0 Å². The quantitative estimate of drug-likeness (QED) is 0.777. The van der Waals surface area contributed by atoms with E-state index in [1.807, 2.05) is 35.6 Å². The van der Waals surface area contributed by atoms with Gasteiger partial charge in [-0.2, -0.15) is 8.78 Å². The minimum absolute atomic E-state index is 0.259. The van der Waals surface area contributed by atoms with Gasteiger partial charge in [0, 0.05) is 0 Å². The molecule has 0 heterocycles. The predicted molar refractivity (Wildman–Crippen MR) is 55.2 cm³/mol. The first-order chi connectivity index (χ1) is 6.13. The van der Waals surface area contributed by atoms with Crippen LogP contribution in [0.4, 0.5) is 8.78 Å². The van der Waals surface area contributed by atoms with Crippen LogP contribution in [0.2, 0.25) is 0 Å². The van der Waals surface area contributed by atoms with Gasteiger partial charge in [0.1, 0.15) is 5.75 Å². The fourth-order valence-corrected chi connectivity index (χ4v) is 1.42. The Morgan fingerprint density at radius 2 is 2.15 bits per heavy atom. The van der Waals surface area contributed by atoms with Gasteiger partial charge in [0.2, 0.25) is 0 Å². The number of hydrogen-bond acceptors (Lipinski definition) is 1. The van der Waals surface area contributed by atoms with Crippen molar-refractivity contribution in [1.29, 1.82) is 0 Å². The summed E-state index contributed by atoms with van der Waals surface area (Å²) in [5.74, 6) is 0.259. The molecule has 0 saturated carbocycles. The van der Waals surface area contributed by atoms with Crippen molar-refractivity contribution < 1.29 is 13.5 Å².